The van der Waals surface area contributed by atoms with E-state index >= 15 is 0 Å². The van der Waals surface area contributed by atoms with Crippen LogP contribution >= 0.6 is 0 Å². The number of nitrogens with zero attached hydrogens (tertiary/aromatic N) is 3. The molecule has 1 atom stereocenters. The number of nitro groups is 1. The van der Waals surface area contributed by atoms with Gasteiger partial charge in [-0.1, -0.05) is 60.7 Å². The average Bonchev–Trinajstić information content (AvgIpc) is 2.98. The number of aromatic hydroxyl groups is 1. The summed E-state index contributed by atoms with van der Waals surface area (Å²) in [5, 5.41) is 39.7. The lowest BCUT2D eigenvalue weighted by molar-refractivity contribution is -0.384. The highest BCUT2D eigenvalue weighted by Gasteiger charge is 2.17. The van der Waals surface area contributed by atoms with Crippen molar-refractivity contribution < 1.29 is 19.6 Å². The zero-order valence-corrected chi connectivity index (χ0v) is 22.0. The lowest BCUT2D eigenvalue weighted by atomic mass is 9.93. The summed E-state index contributed by atoms with van der Waals surface area (Å²) in [6, 6.07) is 27.5. The van der Waals surface area contributed by atoms with E-state index in [9.17, 15) is 30.1 Å². The van der Waals surface area contributed by atoms with Gasteiger partial charge in [-0.05, 0) is 47.4 Å². The third-order valence-electron chi connectivity index (χ3n) is 6.43. The van der Waals surface area contributed by atoms with Gasteiger partial charge in [0.15, 0.2) is 0 Å². The fourth-order valence-corrected chi connectivity index (χ4v) is 4.34. The first-order valence-electron chi connectivity index (χ1n) is 12.9. The molecule has 0 aliphatic rings. The molecule has 4 rings (SSSR count). The maximum Gasteiger partial charge on any atom is 0.275 e. The lowest BCUT2D eigenvalue weighted by Gasteiger charge is -2.13. The van der Waals surface area contributed by atoms with E-state index in [1.807, 2.05) is 54.6 Å². The van der Waals surface area contributed by atoms with E-state index in [1.165, 1.54) is 24.3 Å². The Morgan fingerprint density at radius 2 is 1.66 bits per heavy atom. The summed E-state index contributed by atoms with van der Waals surface area (Å²) in [7, 11) is 0. The van der Waals surface area contributed by atoms with Crippen LogP contribution in [-0.4, -0.2) is 27.6 Å². The highest BCUT2D eigenvalue weighted by molar-refractivity contribution is 6.02. The molecular weight excluding hydrogens is 522 g/mol. The third-order valence-corrected chi connectivity index (χ3v) is 6.43. The van der Waals surface area contributed by atoms with E-state index < -0.39 is 16.7 Å². The Morgan fingerprint density at radius 3 is 2.37 bits per heavy atom. The van der Waals surface area contributed by atoms with Crippen LogP contribution in [0.1, 0.15) is 47.5 Å². The second-order valence-electron chi connectivity index (χ2n) is 9.34. The van der Waals surface area contributed by atoms with E-state index in [1.54, 1.807) is 12.1 Å². The molecule has 4 aromatic rings. The molecule has 3 N–H and O–H groups in total. The van der Waals surface area contributed by atoms with E-state index in [0.717, 1.165) is 16.3 Å². The SMILES string of the molecule is N#C[C@H](C/C(CCCC(=O)Nc1cccc([N+](=O)[O-])c1)=N/NC(=O)c1cc2ccccc2cc1O)c1ccccc1. The Labute approximate surface area is 236 Å². The van der Waals surface area contributed by atoms with Gasteiger partial charge in [0.05, 0.1) is 22.5 Å². The number of anilines is 1. The molecule has 206 valence electrons. The summed E-state index contributed by atoms with van der Waals surface area (Å²) in [6.45, 7) is 0. The lowest BCUT2D eigenvalue weighted by Crippen LogP contribution is -2.21. The summed E-state index contributed by atoms with van der Waals surface area (Å²) >= 11 is 0. The van der Waals surface area contributed by atoms with Crippen LogP contribution in [0.3, 0.4) is 0 Å². The number of carbonyl (C=O) groups excluding carboxylic acids is 2. The predicted octanol–water partition coefficient (Wildman–Crippen LogP) is 6.05. The minimum absolute atomic E-state index is 0.0584. The molecule has 10 nitrogen and oxygen atoms in total. The number of phenolic OH excluding ortho intramolecular Hbond substituents is 1. The maximum absolute atomic E-state index is 12.9. The van der Waals surface area contributed by atoms with Crippen molar-refractivity contribution in [3.63, 3.8) is 0 Å². The third kappa shape index (κ3) is 7.74. The maximum atomic E-state index is 12.9. The average molecular weight is 550 g/mol. The van der Waals surface area contributed by atoms with Crippen molar-refractivity contribution in [2.24, 2.45) is 5.10 Å². The number of phenols is 1. The molecule has 41 heavy (non-hydrogen) atoms. The highest BCUT2D eigenvalue weighted by atomic mass is 16.6. The molecule has 0 unspecified atom stereocenters. The molecule has 0 heterocycles. The second kappa shape index (κ2) is 13.5. The summed E-state index contributed by atoms with van der Waals surface area (Å²) in [6.07, 6.45) is 0.960. The molecule has 0 saturated carbocycles. The van der Waals surface area contributed by atoms with Gasteiger partial charge >= 0.3 is 0 Å². The fourth-order valence-electron chi connectivity index (χ4n) is 4.34. The van der Waals surface area contributed by atoms with Crippen molar-refractivity contribution in [1.29, 1.82) is 5.26 Å². The van der Waals surface area contributed by atoms with Gasteiger partial charge in [0.25, 0.3) is 11.6 Å². The molecule has 4 aromatic carbocycles. The highest BCUT2D eigenvalue weighted by Crippen LogP contribution is 2.25. The van der Waals surface area contributed by atoms with E-state index in [4.69, 9.17) is 0 Å². The molecule has 0 aliphatic carbocycles. The van der Waals surface area contributed by atoms with Crippen molar-refractivity contribution in [3.05, 3.63) is 112 Å². The smallest absolute Gasteiger partial charge is 0.275 e. The Hall–Kier alpha value is -5.56. The van der Waals surface area contributed by atoms with Gasteiger partial charge < -0.3 is 10.4 Å². The molecule has 0 aromatic heterocycles. The van der Waals surface area contributed by atoms with Crippen LogP contribution in [0, 0.1) is 21.4 Å². The molecular formula is C31H27N5O5. The molecule has 0 spiro atoms. The van der Waals surface area contributed by atoms with Crippen LogP contribution in [0.15, 0.2) is 96.1 Å². The van der Waals surface area contributed by atoms with Gasteiger partial charge in [-0.25, -0.2) is 5.43 Å². The van der Waals surface area contributed by atoms with Gasteiger partial charge in [-0.3, -0.25) is 19.7 Å². The first-order chi connectivity index (χ1) is 19.8. The largest absolute Gasteiger partial charge is 0.507 e. The summed E-state index contributed by atoms with van der Waals surface area (Å²) in [5.41, 5.74) is 4.03. The topological polar surface area (TPSA) is 158 Å². The van der Waals surface area contributed by atoms with Crippen LogP contribution < -0.4 is 10.7 Å². The number of nitrogens with one attached hydrogen (secondary N) is 2. The number of nitro benzene ring substituents is 1. The zero-order chi connectivity index (χ0) is 29.2. The number of non-ortho nitro benzene ring substituents is 1. The zero-order valence-electron chi connectivity index (χ0n) is 22.0. The van der Waals surface area contributed by atoms with Crippen molar-refractivity contribution in [2.45, 2.75) is 31.6 Å². The predicted molar refractivity (Wildman–Crippen MR) is 156 cm³/mol. The molecule has 0 aliphatic heterocycles. The summed E-state index contributed by atoms with van der Waals surface area (Å²) < 4.78 is 0. The number of hydrazone groups is 1. The van der Waals surface area contributed by atoms with Crippen molar-refractivity contribution in [3.8, 4) is 11.8 Å². The van der Waals surface area contributed by atoms with Gasteiger partial charge in [0.1, 0.15) is 5.75 Å². The Bertz CT molecular complexity index is 1650. The van der Waals surface area contributed by atoms with E-state index in [2.05, 4.69) is 21.9 Å². The number of hydrogen-bond acceptors (Lipinski definition) is 7. The molecule has 0 bridgehead atoms. The minimum Gasteiger partial charge on any atom is -0.507 e. The molecule has 0 saturated heterocycles. The number of fused-ring (bicyclic) bond motifs is 1. The van der Waals surface area contributed by atoms with Crippen molar-refractivity contribution >= 4 is 39.7 Å². The van der Waals surface area contributed by atoms with E-state index in [0.29, 0.717) is 24.2 Å². The van der Waals surface area contributed by atoms with Crippen LogP contribution in [0.2, 0.25) is 0 Å². The summed E-state index contributed by atoms with van der Waals surface area (Å²) in [4.78, 5) is 35.9. The van der Waals surface area contributed by atoms with Gasteiger partial charge in [-0.15, -0.1) is 0 Å². The second-order valence-corrected chi connectivity index (χ2v) is 9.34. The standard InChI is InChI=1S/C31H27N5O5/c32-20-24(21-8-2-1-3-9-21)16-26(13-7-15-30(38)33-25-12-6-14-27(19-25)36(40)41)34-35-31(39)28-17-22-10-4-5-11-23(22)18-29(28)37/h1-6,8-12,14,17-19,24,37H,7,13,15-16H2,(H,33,38)(H,35,39)/b34-26+/t24-/m0/s1. The molecule has 2 amide bonds. The van der Waals surface area contributed by atoms with Crippen molar-refractivity contribution in [1.82, 2.24) is 5.43 Å². The van der Waals surface area contributed by atoms with Crippen molar-refractivity contribution in [2.75, 3.05) is 5.32 Å². The van der Waals surface area contributed by atoms with Gasteiger partial charge in [-0.2, -0.15) is 10.4 Å². The van der Waals surface area contributed by atoms with E-state index in [-0.39, 0.29) is 35.7 Å². The number of nitriles is 1. The minimum atomic E-state index is -0.609. The first kappa shape index (κ1) is 28.4. The molecule has 10 heteroatoms. The number of amides is 2. The monoisotopic (exact) mass is 549 g/mol. The Balaban J connectivity index is 1.46. The quantitative estimate of drug-likeness (QED) is 0.117. The Morgan fingerprint density at radius 1 is 0.951 bits per heavy atom. The van der Waals surface area contributed by atoms with Crippen LogP contribution in [0.4, 0.5) is 11.4 Å². The fraction of sp³-hybridized carbons (Fsp3) is 0.161. The van der Waals surface area contributed by atoms with Crippen LogP contribution in [-0.2, 0) is 4.79 Å². The van der Waals surface area contributed by atoms with Gasteiger partial charge in [0, 0.05) is 36.4 Å². The first-order valence-corrected chi connectivity index (χ1v) is 12.9. The van der Waals surface area contributed by atoms with Crippen LogP contribution in [0.5, 0.6) is 5.75 Å². The molecule has 0 fully saturated rings. The number of carbonyl (C=O) groups is 2. The Kier molecular flexibility index (Phi) is 9.36. The normalized spacial score (nSPS) is 11.8. The van der Waals surface area contributed by atoms with Gasteiger partial charge in [0.2, 0.25) is 5.91 Å². The summed E-state index contributed by atoms with van der Waals surface area (Å²) in [5.74, 6) is -1.66. The number of benzene rings is 4. The number of hydrogen-bond donors (Lipinski definition) is 3. The van der Waals surface area contributed by atoms with Crippen LogP contribution in [0.25, 0.3) is 10.8 Å². The number of rotatable bonds is 11. The molecule has 0 radical (unpaired) electrons.